The minimum atomic E-state index is -0.927. The van der Waals surface area contributed by atoms with Gasteiger partial charge in [0, 0.05) is 17.6 Å². The zero-order valence-electron chi connectivity index (χ0n) is 15.6. The van der Waals surface area contributed by atoms with Gasteiger partial charge in [-0.25, -0.2) is 4.79 Å². The zero-order chi connectivity index (χ0) is 21.2. The number of hydrogen-bond donors (Lipinski definition) is 3. The number of hydrogen-bond acceptors (Lipinski definition) is 6. The topological polar surface area (TPSA) is 129 Å². The van der Waals surface area contributed by atoms with E-state index in [1.165, 1.54) is 30.5 Å². The third-order valence-electron chi connectivity index (χ3n) is 3.71. The van der Waals surface area contributed by atoms with E-state index in [9.17, 15) is 19.6 Å². The molecule has 1 amide bonds. The van der Waals surface area contributed by atoms with Crippen molar-refractivity contribution in [3.05, 3.63) is 71.4 Å². The summed E-state index contributed by atoms with van der Waals surface area (Å²) in [6, 6.07) is 14.5. The van der Waals surface area contributed by atoms with E-state index >= 15 is 0 Å². The highest BCUT2D eigenvalue weighted by Crippen LogP contribution is 2.13. The number of aliphatic carboxylic acids is 1. The van der Waals surface area contributed by atoms with E-state index in [0.717, 1.165) is 0 Å². The summed E-state index contributed by atoms with van der Waals surface area (Å²) >= 11 is 0. The first kappa shape index (κ1) is 21.2. The van der Waals surface area contributed by atoms with Gasteiger partial charge in [-0.3, -0.25) is 9.59 Å². The Morgan fingerprint density at radius 3 is 2.24 bits per heavy atom. The molecule has 0 unspecified atom stereocenters. The molecule has 2 aromatic carbocycles. The molecular weight excluding hydrogens is 374 g/mol. The van der Waals surface area contributed by atoms with Gasteiger partial charge < -0.3 is 20.5 Å². The summed E-state index contributed by atoms with van der Waals surface area (Å²) < 4.78 is 4.89. The molecule has 3 N–H and O–H groups in total. The van der Waals surface area contributed by atoms with Gasteiger partial charge in [0.1, 0.15) is 11.6 Å². The maximum Gasteiger partial charge on any atom is 0.338 e. The molecule has 8 heteroatoms. The standard InChI is InChI=1S/C21H19N3O5/c1-2-29-21(28)15-5-9-18(10-6-15)24-20(27)16(12-22)13-23-17-7-3-14(4-8-17)11-19(25)26/h3-10,13,23H,2,11H2,1H3,(H,24,27)(H,25,26)/b16-13-. The minimum absolute atomic E-state index is 0.0864. The summed E-state index contributed by atoms with van der Waals surface area (Å²) in [6.07, 6.45) is 1.17. The number of amides is 1. The van der Waals surface area contributed by atoms with Crippen LogP contribution in [-0.4, -0.2) is 29.6 Å². The Morgan fingerprint density at radius 2 is 1.69 bits per heavy atom. The molecule has 0 aliphatic rings. The lowest BCUT2D eigenvalue weighted by atomic mass is 10.1. The summed E-state index contributed by atoms with van der Waals surface area (Å²) in [7, 11) is 0. The number of carboxylic acid groups (broad SMARTS) is 1. The summed E-state index contributed by atoms with van der Waals surface area (Å²) in [4.78, 5) is 34.6. The fourth-order valence-electron chi connectivity index (χ4n) is 2.30. The Kier molecular flexibility index (Phi) is 7.51. The summed E-state index contributed by atoms with van der Waals surface area (Å²) in [5, 5.41) is 23.4. The Hall–Kier alpha value is -4.12. The van der Waals surface area contributed by atoms with Gasteiger partial charge in [0.25, 0.3) is 5.91 Å². The highest BCUT2D eigenvalue weighted by atomic mass is 16.5. The smallest absolute Gasteiger partial charge is 0.338 e. The lowest BCUT2D eigenvalue weighted by Crippen LogP contribution is -2.14. The molecule has 0 atom stereocenters. The first-order valence-corrected chi connectivity index (χ1v) is 8.69. The molecule has 148 valence electrons. The number of anilines is 2. The van der Waals surface area contributed by atoms with E-state index in [1.54, 1.807) is 31.2 Å². The summed E-state index contributed by atoms with van der Waals surface area (Å²) in [6.45, 7) is 1.98. The molecule has 0 radical (unpaired) electrons. The Bertz CT molecular complexity index is 957. The van der Waals surface area contributed by atoms with Crippen molar-refractivity contribution in [1.82, 2.24) is 0 Å². The van der Waals surface area contributed by atoms with Crippen molar-refractivity contribution < 1.29 is 24.2 Å². The average Bonchev–Trinajstić information content (AvgIpc) is 2.70. The van der Waals surface area contributed by atoms with E-state index < -0.39 is 17.8 Å². The number of benzene rings is 2. The van der Waals surface area contributed by atoms with Gasteiger partial charge in [0.05, 0.1) is 18.6 Å². The molecule has 8 nitrogen and oxygen atoms in total. The molecule has 2 rings (SSSR count). The van der Waals surface area contributed by atoms with Crippen molar-refractivity contribution >= 4 is 29.2 Å². The number of nitriles is 1. The van der Waals surface area contributed by atoms with Crippen LogP contribution in [0.5, 0.6) is 0 Å². The van der Waals surface area contributed by atoms with Crippen molar-refractivity contribution in [3.63, 3.8) is 0 Å². The first-order chi connectivity index (χ1) is 13.9. The number of esters is 1. The number of nitrogens with zero attached hydrogens (tertiary/aromatic N) is 1. The van der Waals surface area contributed by atoms with E-state index in [2.05, 4.69) is 10.6 Å². The first-order valence-electron chi connectivity index (χ1n) is 8.69. The molecule has 2 aromatic rings. The van der Waals surface area contributed by atoms with Crippen molar-refractivity contribution in [2.75, 3.05) is 17.2 Å². The molecule has 0 aliphatic carbocycles. The van der Waals surface area contributed by atoms with Crippen molar-refractivity contribution in [2.24, 2.45) is 0 Å². The number of carbonyl (C=O) groups excluding carboxylic acids is 2. The van der Waals surface area contributed by atoms with E-state index in [0.29, 0.717) is 22.5 Å². The van der Waals surface area contributed by atoms with Crippen molar-refractivity contribution in [2.45, 2.75) is 13.3 Å². The number of carboxylic acids is 1. The Labute approximate surface area is 167 Å². The Balaban J connectivity index is 2.00. The van der Waals surface area contributed by atoms with Gasteiger partial charge in [-0.1, -0.05) is 12.1 Å². The molecule has 0 bridgehead atoms. The fraction of sp³-hybridized carbons (Fsp3) is 0.143. The van der Waals surface area contributed by atoms with Crippen LogP contribution in [0.25, 0.3) is 0 Å². The van der Waals surface area contributed by atoms with E-state index in [1.807, 2.05) is 6.07 Å². The molecule has 0 heterocycles. The highest BCUT2D eigenvalue weighted by Gasteiger charge is 2.11. The van der Waals surface area contributed by atoms with Gasteiger partial charge in [0.15, 0.2) is 0 Å². The fourth-order valence-corrected chi connectivity index (χ4v) is 2.30. The van der Waals surface area contributed by atoms with E-state index in [4.69, 9.17) is 9.84 Å². The van der Waals surface area contributed by atoms with Crippen LogP contribution in [0.3, 0.4) is 0 Å². The van der Waals surface area contributed by atoms with Gasteiger partial charge in [-0.15, -0.1) is 0 Å². The van der Waals surface area contributed by atoms with Gasteiger partial charge in [0.2, 0.25) is 0 Å². The molecule has 0 saturated carbocycles. The summed E-state index contributed by atoms with van der Waals surface area (Å²) in [5.41, 5.74) is 1.85. The van der Waals surface area contributed by atoms with Crippen LogP contribution < -0.4 is 10.6 Å². The number of rotatable bonds is 8. The zero-order valence-corrected chi connectivity index (χ0v) is 15.6. The average molecular weight is 393 g/mol. The van der Waals surface area contributed by atoms with E-state index in [-0.39, 0.29) is 18.6 Å². The van der Waals surface area contributed by atoms with Crippen LogP contribution in [0.1, 0.15) is 22.8 Å². The molecule has 0 spiro atoms. The minimum Gasteiger partial charge on any atom is -0.481 e. The van der Waals surface area contributed by atoms with Crippen LogP contribution in [0.15, 0.2) is 60.3 Å². The van der Waals surface area contributed by atoms with Gasteiger partial charge in [-0.05, 0) is 48.9 Å². The van der Waals surface area contributed by atoms with Crippen LogP contribution in [0.2, 0.25) is 0 Å². The van der Waals surface area contributed by atoms with Crippen molar-refractivity contribution in [1.29, 1.82) is 5.26 Å². The number of nitrogens with one attached hydrogen (secondary N) is 2. The number of ether oxygens (including phenoxy) is 1. The molecule has 29 heavy (non-hydrogen) atoms. The quantitative estimate of drug-likeness (QED) is 0.357. The second-order valence-corrected chi connectivity index (χ2v) is 5.83. The second kappa shape index (κ2) is 10.3. The summed E-state index contributed by atoms with van der Waals surface area (Å²) in [5.74, 6) is -2.00. The second-order valence-electron chi connectivity index (χ2n) is 5.83. The molecule has 0 saturated heterocycles. The SMILES string of the molecule is CCOC(=O)c1ccc(NC(=O)/C(C#N)=C\Nc2ccc(CC(=O)O)cc2)cc1. The van der Waals surface area contributed by atoms with Crippen LogP contribution >= 0.6 is 0 Å². The maximum absolute atomic E-state index is 12.3. The van der Waals surface area contributed by atoms with Crippen LogP contribution in [-0.2, 0) is 20.7 Å². The lowest BCUT2D eigenvalue weighted by molar-refractivity contribution is -0.136. The lowest BCUT2D eigenvalue weighted by Gasteiger charge is -2.07. The Morgan fingerprint density at radius 1 is 1.07 bits per heavy atom. The predicted octanol–water partition coefficient (Wildman–Crippen LogP) is 2.95. The van der Waals surface area contributed by atoms with Crippen molar-refractivity contribution in [3.8, 4) is 6.07 Å². The van der Waals surface area contributed by atoms with Crippen LogP contribution in [0, 0.1) is 11.3 Å². The predicted molar refractivity (Wildman–Crippen MR) is 106 cm³/mol. The van der Waals surface area contributed by atoms with Gasteiger partial charge in [-0.2, -0.15) is 5.26 Å². The van der Waals surface area contributed by atoms with Gasteiger partial charge >= 0.3 is 11.9 Å². The molecular formula is C21H19N3O5. The molecule has 0 fully saturated rings. The molecule has 0 aliphatic heterocycles. The largest absolute Gasteiger partial charge is 0.481 e. The molecule has 0 aromatic heterocycles. The maximum atomic E-state index is 12.3. The van der Waals surface area contributed by atoms with Crippen LogP contribution in [0.4, 0.5) is 11.4 Å². The number of carbonyl (C=O) groups is 3. The third-order valence-corrected chi connectivity index (χ3v) is 3.71. The highest BCUT2D eigenvalue weighted by molar-refractivity contribution is 6.06. The monoisotopic (exact) mass is 393 g/mol. The third kappa shape index (κ3) is 6.52. The normalized spacial score (nSPS) is 10.6.